The first kappa shape index (κ1) is 45.4. The van der Waals surface area contributed by atoms with Gasteiger partial charge in [0.15, 0.2) is 11.6 Å². The fourth-order valence-electron chi connectivity index (χ4n) is 19.9. The highest BCUT2D eigenvalue weighted by molar-refractivity contribution is 6.01. The Labute approximate surface area is 405 Å². The van der Waals surface area contributed by atoms with Crippen molar-refractivity contribution in [1.29, 1.82) is 0 Å². The van der Waals surface area contributed by atoms with Crippen molar-refractivity contribution in [3.05, 3.63) is 46.1 Å². The monoisotopic (exact) mass is 955 g/mol. The van der Waals surface area contributed by atoms with E-state index in [0.717, 1.165) is 66.0 Å². The number of carbonyl (C=O) groups is 1. The lowest BCUT2D eigenvalue weighted by Gasteiger charge is -2.62. The first-order chi connectivity index (χ1) is 32.3. The molecular weight excluding hydrogens is 881 g/mol. The van der Waals surface area contributed by atoms with Crippen LogP contribution in [0.1, 0.15) is 130 Å². The van der Waals surface area contributed by atoms with E-state index < -0.39 is 86.2 Å². The van der Waals surface area contributed by atoms with Crippen molar-refractivity contribution in [2.75, 3.05) is 13.2 Å². The minimum atomic E-state index is -1.52. The molecule has 1 aromatic rings. The summed E-state index contributed by atoms with van der Waals surface area (Å²) in [4.78, 5) is 26.2. The topological polar surface area (TPSA) is 214 Å². The second-order valence-corrected chi connectivity index (χ2v) is 26.9. The predicted molar refractivity (Wildman–Crippen MR) is 246 cm³/mol. The molecule has 6 heterocycles. The Morgan fingerprint density at radius 3 is 2.17 bits per heavy atom. The van der Waals surface area contributed by atoms with Gasteiger partial charge in [-0.2, -0.15) is 0 Å². The van der Waals surface area contributed by atoms with Crippen LogP contribution in [-0.2, 0) is 54.2 Å². The summed E-state index contributed by atoms with van der Waals surface area (Å²) in [6, 6.07) is 0. The number of allylic oxidation sites excluding steroid dienone is 1. The second kappa shape index (κ2) is 13.0. The zero-order valence-corrected chi connectivity index (χ0v) is 41.9. The number of ketones is 1. The Bertz CT molecular complexity index is 2590. The molecule has 4 saturated carbocycles. The van der Waals surface area contributed by atoms with E-state index in [4.69, 9.17) is 33.7 Å². The summed E-state index contributed by atoms with van der Waals surface area (Å²) in [5, 5.41) is 72.0. The van der Waals surface area contributed by atoms with Crippen LogP contribution in [-0.4, -0.2) is 130 Å². The number of epoxide rings is 1. The number of aliphatic hydroxyl groups is 6. The van der Waals surface area contributed by atoms with Gasteiger partial charge in [-0.3, -0.25) is 14.8 Å². The highest BCUT2D eigenvalue weighted by Gasteiger charge is 2.91. The normalized spacial score (nSPS) is 59.6. The largest absolute Gasteiger partial charge is 0.393 e. The lowest BCUT2D eigenvalue weighted by molar-refractivity contribution is -0.347. The van der Waals surface area contributed by atoms with Gasteiger partial charge < -0.3 is 54.3 Å². The summed E-state index contributed by atoms with van der Waals surface area (Å²) in [6.07, 6.45) is 7.27. The quantitative estimate of drug-likeness (QED) is 0.174. The van der Waals surface area contributed by atoms with Crippen LogP contribution in [0.5, 0.6) is 0 Å². The minimum absolute atomic E-state index is 0.0323. The summed E-state index contributed by atoms with van der Waals surface area (Å²) in [5.41, 5.74) is -2.50. The van der Waals surface area contributed by atoms with Crippen molar-refractivity contribution in [2.24, 2.45) is 69.0 Å². The average Bonchev–Trinajstić information content (AvgIpc) is 3.57. The molecule has 5 saturated heterocycles. The number of rotatable bonds is 1. The molecule has 0 amide bonds. The predicted octanol–water partition coefficient (Wildman–Crippen LogP) is 4.00. The molecule has 0 radical (unpaired) electrons. The van der Waals surface area contributed by atoms with Gasteiger partial charge in [0.2, 0.25) is 5.79 Å². The number of aliphatic hydroxyl groups excluding tert-OH is 4. The third-order valence-electron chi connectivity index (χ3n) is 24.2. The van der Waals surface area contributed by atoms with Crippen molar-refractivity contribution in [3.63, 3.8) is 0 Å². The van der Waals surface area contributed by atoms with Crippen LogP contribution in [0.15, 0.2) is 23.3 Å². The molecule has 5 aliphatic heterocycles. The van der Waals surface area contributed by atoms with Crippen LogP contribution in [0.25, 0.3) is 0 Å². The van der Waals surface area contributed by atoms with Crippen LogP contribution in [0.4, 0.5) is 0 Å². The second-order valence-electron chi connectivity index (χ2n) is 26.9. The molecule has 9 fully saturated rings. The van der Waals surface area contributed by atoms with Crippen molar-refractivity contribution in [3.8, 4) is 0 Å². The van der Waals surface area contributed by atoms with E-state index in [2.05, 4.69) is 26.8 Å². The molecule has 14 nitrogen and oxygen atoms in total. The van der Waals surface area contributed by atoms with E-state index >= 15 is 4.79 Å². The molecule has 23 atom stereocenters. The maximum Gasteiger partial charge on any atom is 0.201 e. The van der Waals surface area contributed by atoms with Crippen LogP contribution >= 0.6 is 0 Å². The van der Waals surface area contributed by atoms with Gasteiger partial charge >= 0.3 is 0 Å². The number of fused-ring (bicyclic) bond motifs is 12. The molecule has 0 aromatic carbocycles. The zero-order valence-electron chi connectivity index (χ0n) is 41.9. The highest BCUT2D eigenvalue weighted by atomic mass is 16.7. The van der Waals surface area contributed by atoms with Gasteiger partial charge in [0, 0.05) is 41.4 Å². The fraction of sp³-hybridized carbons (Fsp3) is 0.836. The van der Waals surface area contributed by atoms with E-state index in [1.807, 2.05) is 34.6 Å². The van der Waals surface area contributed by atoms with Crippen LogP contribution < -0.4 is 0 Å². The molecule has 8 aliphatic carbocycles. The van der Waals surface area contributed by atoms with Gasteiger partial charge in [-0.25, -0.2) is 0 Å². The van der Waals surface area contributed by atoms with E-state index in [9.17, 15) is 30.6 Å². The number of carbonyl (C=O) groups excluding carboxylic acids is 1. The number of hydrogen-bond acceptors (Lipinski definition) is 14. The molecule has 14 heteroatoms. The van der Waals surface area contributed by atoms with E-state index in [1.54, 1.807) is 13.0 Å². The third-order valence-corrected chi connectivity index (χ3v) is 24.2. The molecule has 6 N–H and O–H groups in total. The first-order valence-electron chi connectivity index (χ1n) is 26.7. The lowest BCUT2D eigenvalue weighted by atomic mass is 9.44. The SMILES string of the molecule is C[C@@H]1[C@H]2C[C@@H]3O[C@@]34[C@]3(O)CC[C@H]5Cc6nc7c(nc6C[C@@]5(C)C3=CC(=O)[C@]24CO[C@]12OC(C)(C)[C@@H](C)[C@@H]2O)C[C@@H]1CC[C@H]2C3=C[C@H]4O[C@@]5(O[C@@](C)(CO)C[C@@H]5O)[C@@H](C)[C@@]4(O)[C@@]3(C)[C@H](O)C[C@@H]2[C@]1(C)C7. The molecule has 376 valence electrons. The highest BCUT2D eigenvalue weighted by Crippen LogP contribution is 2.79. The molecule has 13 aliphatic rings. The molecular formula is C55H74N2O12. The van der Waals surface area contributed by atoms with Crippen LogP contribution in [0.2, 0.25) is 0 Å². The molecule has 69 heavy (non-hydrogen) atoms. The van der Waals surface area contributed by atoms with Crippen LogP contribution in [0, 0.1) is 69.0 Å². The maximum atomic E-state index is 15.1. The Balaban J connectivity index is 0.755. The number of aromatic nitrogens is 2. The number of hydrogen-bond donors (Lipinski definition) is 6. The van der Waals surface area contributed by atoms with Gasteiger partial charge in [0.1, 0.15) is 35.1 Å². The summed E-state index contributed by atoms with van der Waals surface area (Å²) in [5.74, 6) is -3.37. The molecule has 14 rings (SSSR count). The fourth-order valence-corrected chi connectivity index (χ4v) is 19.9. The van der Waals surface area contributed by atoms with E-state index in [0.29, 0.717) is 38.0 Å². The van der Waals surface area contributed by atoms with Gasteiger partial charge in [0.05, 0.1) is 64.8 Å². The zero-order chi connectivity index (χ0) is 48.6. The summed E-state index contributed by atoms with van der Waals surface area (Å²) in [6.45, 7) is 18.0. The van der Waals surface area contributed by atoms with Gasteiger partial charge in [-0.05, 0) is 125 Å². The molecule has 0 bridgehead atoms. The van der Waals surface area contributed by atoms with Crippen molar-refractivity contribution >= 4 is 5.78 Å². The first-order valence-corrected chi connectivity index (χ1v) is 26.7. The Kier molecular flexibility index (Phi) is 8.55. The molecule has 0 unspecified atom stereocenters. The van der Waals surface area contributed by atoms with Gasteiger partial charge in [-0.1, -0.05) is 53.2 Å². The Hall–Kier alpha value is -2.21. The number of ether oxygens (including phenoxy) is 5. The lowest BCUT2D eigenvalue weighted by Crippen LogP contribution is -2.73. The van der Waals surface area contributed by atoms with E-state index in [-0.39, 0.29) is 72.4 Å². The molecule has 1 aromatic heterocycles. The van der Waals surface area contributed by atoms with Crippen molar-refractivity contribution in [2.45, 2.75) is 203 Å². The van der Waals surface area contributed by atoms with E-state index in [1.165, 1.54) is 0 Å². The Morgan fingerprint density at radius 1 is 0.783 bits per heavy atom. The Morgan fingerprint density at radius 2 is 1.49 bits per heavy atom. The summed E-state index contributed by atoms with van der Waals surface area (Å²) < 4.78 is 33.1. The standard InChI is InChI=1S/C55H74N2O12/c1-25-31-17-43-55(67-43)50(31,24-65-53(25)44(62)26(2)45(4,5)68-53)40(60)19-38-48(8)21-37-35(15-29(48)12-13-51(38,55)63)56-36-20-47(7)28(14-34(36)57-37)10-11-30-32(47)16-39(59)49(9)33(30)18-42-52(49,64)27(3)54(66-42)41(61)22-46(6,23-58)69-54/h18-19,25-32,39,41-44,58-59,61-64H,10-17,20-24H2,1-9H3/t25-,26+,27+,28+,29+,30-,31-,32+,39-,41+,42-,43+,44+,46-,47-,48-,49-,50+,51+,52+,53+,54-,55+/m1/s1. The molecule has 4 spiro atoms. The van der Waals surface area contributed by atoms with Crippen molar-refractivity contribution in [1.82, 2.24) is 9.97 Å². The number of nitrogens with zero attached hydrogens (tertiary/aromatic N) is 2. The summed E-state index contributed by atoms with van der Waals surface area (Å²) >= 11 is 0. The van der Waals surface area contributed by atoms with Crippen molar-refractivity contribution < 1.29 is 59.1 Å². The average molecular weight is 955 g/mol. The van der Waals surface area contributed by atoms with Gasteiger partial charge in [0.25, 0.3) is 0 Å². The maximum absolute atomic E-state index is 15.1. The minimum Gasteiger partial charge on any atom is -0.393 e. The van der Waals surface area contributed by atoms with Crippen LogP contribution in [0.3, 0.4) is 0 Å². The van der Waals surface area contributed by atoms with Gasteiger partial charge in [-0.15, -0.1) is 0 Å². The third kappa shape index (κ3) is 4.69. The smallest absolute Gasteiger partial charge is 0.201 e. The summed E-state index contributed by atoms with van der Waals surface area (Å²) in [7, 11) is 0.